The Labute approximate surface area is 270 Å². The molecule has 1 aliphatic rings. The lowest BCUT2D eigenvalue weighted by molar-refractivity contribution is -0.139. The lowest BCUT2D eigenvalue weighted by Gasteiger charge is -2.26. The number of carbonyl (C=O) groups excluding carboxylic acids is 1. The van der Waals surface area contributed by atoms with Crippen molar-refractivity contribution >= 4 is 46.6 Å². The third kappa shape index (κ3) is 6.85. The molecule has 0 fully saturated rings. The Kier molecular flexibility index (Phi) is 10.1. The zero-order valence-electron chi connectivity index (χ0n) is 25.1. The van der Waals surface area contributed by atoms with Crippen LogP contribution in [0, 0.1) is 0 Å². The summed E-state index contributed by atoms with van der Waals surface area (Å²) in [4.78, 5) is 32.8. The number of aromatic nitrogens is 1. The SMILES string of the molecule is CCCC1=C(C(=O)OCC)[C@@H](c2ccc(C(C)C)cc2)n2c(s/c(=C\c3ccc(OCc4ccc(Cl)cc4Cl)cc3)c2=O)=N1. The zero-order valence-corrected chi connectivity index (χ0v) is 27.4. The van der Waals surface area contributed by atoms with Gasteiger partial charge in [-0.05, 0) is 66.3 Å². The molecular formula is C35H34Cl2N2O4S. The Hall–Kier alpha value is -3.65. The highest BCUT2D eigenvalue weighted by Gasteiger charge is 2.34. The van der Waals surface area contributed by atoms with E-state index in [1.807, 2.05) is 55.5 Å². The van der Waals surface area contributed by atoms with Gasteiger partial charge in [0, 0.05) is 15.6 Å². The van der Waals surface area contributed by atoms with Crippen molar-refractivity contribution < 1.29 is 14.3 Å². The smallest absolute Gasteiger partial charge is 0.338 e. The summed E-state index contributed by atoms with van der Waals surface area (Å²) in [5.41, 5.74) is 4.58. The summed E-state index contributed by atoms with van der Waals surface area (Å²) in [5.74, 6) is 0.582. The normalized spacial score (nSPS) is 14.9. The van der Waals surface area contributed by atoms with E-state index < -0.39 is 12.0 Å². The zero-order chi connectivity index (χ0) is 31.4. The van der Waals surface area contributed by atoms with E-state index in [1.54, 1.807) is 23.6 Å². The molecule has 6 nitrogen and oxygen atoms in total. The highest BCUT2D eigenvalue weighted by Crippen LogP contribution is 2.33. The van der Waals surface area contributed by atoms with Crippen LogP contribution in [0.2, 0.25) is 10.0 Å². The third-order valence-corrected chi connectivity index (χ3v) is 8.97. The van der Waals surface area contributed by atoms with Crippen molar-refractivity contribution in [3.05, 3.63) is 130 Å². The first-order chi connectivity index (χ1) is 21.2. The molecule has 5 rings (SSSR count). The maximum atomic E-state index is 14.0. The molecule has 0 N–H and O–H groups in total. The maximum Gasteiger partial charge on any atom is 0.338 e. The van der Waals surface area contributed by atoms with Crippen LogP contribution < -0.4 is 19.6 Å². The number of nitrogens with zero attached hydrogens (tertiary/aromatic N) is 2. The Balaban J connectivity index is 1.52. The quantitative estimate of drug-likeness (QED) is 0.166. The highest BCUT2D eigenvalue weighted by atomic mass is 35.5. The topological polar surface area (TPSA) is 69.9 Å². The van der Waals surface area contributed by atoms with Crippen LogP contribution in [0.5, 0.6) is 5.75 Å². The minimum atomic E-state index is -0.634. The molecule has 0 unspecified atom stereocenters. The molecular weight excluding hydrogens is 615 g/mol. The molecule has 1 aliphatic heterocycles. The molecule has 0 saturated heterocycles. The van der Waals surface area contributed by atoms with E-state index in [0.717, 1.165) is 23.1 Å². The van der Waals surface area contributed by atoms with Gasteiger partial charge in [-0.25, -0.2) is 9.79 Å². The van der Waals surface area contributed by atoms with Crippen molar-refractivity contribution in [2.45, 2.75) is 59.1 Å². The molecule has 1 atom stereocenters. The largest absolute Gasteiger partial charge is 0.489 e. The van der Waals surface area contributed by atoms with E-state index in [-0.39, 0.29) is 12.2 Å². The molecule has 0 aliphatic carbocycles. The summed E-state index contributed by atoms with van der Waals surface area (Å²) >= 11 is 13.6. The van der Waals surface area contributed by atoms with Crippen molar-refractivity contribution in [3.8, 4) is 5.75 Å². The fourth-order valence-corrected chi connectivity index (χ4v) is 6.59. The van der Waals surface area contributed by atoms with Crippen LogP contribution in [0.15, 0.2) is 87.8 Å². The van der Waals surface area contributed by atoms with E-state index in [1.165, 1.54) is 16.9 Å². The van der Waals surface area contributed by atoms with Gasteiger partial charge in [0.15, 0.2) is 4.80 Å². The van der Waals surface area contributed by atoms with Crippen LogP contribution in [0.1, 0.15) is 74.8 Å². The van der Waals surface area contributed by atoms with Crippen molar-refractivity contribution in [2.75, 3.05) is 6.61 Å². The third-order valence-electron chi connectivity index (χ3n) is 7.40. The lowest BCUT2D eigenvalue weighted by Crippen LogP contribution is -2.40. The highest BCUT2D eigenvalue weighted by molar-refractivity contribution is 7.07. The number of hydrogen-bond acceptors (Lipinski definition) is 6. The molecule has 0 radical (unpaired) electrons. The van der Waals surface area contributed by atoms with E-state index in [9.17, 15) is 9.59 Å². The Morgan fingerprint density at radius 1 is 1.05 bits per heavy atom. The Morgan fingerprint density at radius 3 is 2.41 bits per heavy atom. The number of halogens is 2. The van der Waals surface area contributed by atoms with Crippen LogP contribution in [0.25, 0.3) is 6.08 Å². The average Bonchev–Trinajstić information content (AvgIpc) is 3.31. The maximum absolute atomic E-state index is 14.0. The van der Waals surface area contributed by atoms with Gasteiger partial charge >= 0.3 is 5.97 Å². The van der Waals surface area contributed by atoms with E-state index >= 15 is 0 Å². The molecule has 4 aromatic rings. The molecule has 0 spiro atoms. The summed E-state index contributed by atoms with van der Waals surface area (Å²) < 4.78 is 13.6. The molecule has 2 heterocycles. The number of rotatable bonds is 10. The first-order valence-corrected chi connectivity index (χ1v) is 16.3. The Morgan fingerprint density at radius 2 is 1.77 bits per heavy atom. The summed E-state index contributed by atoms with van der Waals surface area (Å²) in [6.07, 6.45) is 3.24. The molecule has 9 heteroatoms. The summed E-state index contributed by atoms with van der Waals surface area (Å²) in [6, 6.07) is 20.3. The van der Waals surface area contributed by atoms with Crippen LogP contribution in [0.4, 0.5) is 0 Å². The first-order valence-electron chi connectivity index (χ1n) is 14.7. The molecule has 3 aromatic carbocycles. The number of thiazole rings is 1. The van der Waals surface area contributed by atoms with E-state index in [2.05, 4.69) is 26.0 Å². The van der Waals surface area contributed by atoms with Gasteiger partial charge < -0.3 is 9.47 Å². The second-order valence-electron chi connectivity index (χ2n) is 10.8. The van der Waals surface area contributed by atoms with Gasteiger partial charge in [0.25, 0.3) is 5.56 Å². The number of benzene rings is 3. The molecule has 228 valence electrons. The second kappa shape index (κ2) is 14.0. The minimum absolute atomic E-state index is 0.207. The van der Waals surface area contributed by atoms with Gasteiger partial charge in [-0.2, -0.15) is 0 Å². The molecule has 0 amide bonds. The number of allylic oxidation sites excluding steroid dienone is 1. The first kappa shape index (κ1) is 31.8. The standard InChI is InChI=1S/C35H34Cl2N2O4S/c1-5-7-29-31(34(41)42-6-2)32(24-12-10-23(11-13-24)21(3)4)39-33(40)30(44-35(39)38-29)18-22-8-16-27(17-9-22)43-20-25-14-15-26(36)19-28(25)37/h8-19,21,32H,5-7,20H2,1-4H3/b30-18-/t32-/m1/s1. The van der Waals surface area contributed by atoms with Gasteiger partial charge in [0.05, 0.1) is 28.5 Å². The lowest BCUT2D eigenvalue weighted by atomic mass is 9.92. The van der Waals surface area contributed by atoms with Crippen LogP contribution in [-0.4, -0.2) is 17.1 Å². The van der Waals surface area contributed by atoms with Gasteiger partial charge in [0.1, 0.15) is 12.4 Å². The number of hydrogen-bond donors (Lipinski definition) is 0. The van der Waals surface area contributed by atoms with Gasteiger partial charge in [-0.15, -0.1) is 0 Å². The summed E-state index contributed by atoms with van der Waals surface area (Å²) in [5, 5.41) is 1.12. The summed E-state index contributed by atoms with van der Waals surface area (Å²) in [6.45, 7) is 8.63. The van der Waals surface area contributed by atoms with Crippen LogP contribution in [0.3, 0.4) is 0 Å². The number of ether oxygens (including phenoxy) is 2. The number of fused-ring (bicyclic) bond motifs is 1. The predicted molar refractivity (Wildman–Crippen MR) is 177 cm³/mol. The minimum Gasteiger partial charge on any atom is -0.489 e. The van der Waals surface area contributed by atoms with E-state index in [0.29, 0.717) is 55.3 Å². The van der Waals surface area contributed by atoms with E-state index in [4.69, 9.17) is 37.7 Å². The molecule has 1 aromatic heterocycles. The van der Waals surface area contributed by atoms with Crippen molar-refractivity contribution in [1.82, 2.24) is 4.57 Å². The van der Waals surface area contributed by atoms with Crippen molar-refractivity contribution in [2.24, 2.45) is 4.99 Å². The van der Waals surface area contributed by atoms with Gasteiger partial charge in [-0.1, -0.05) is 104 Å². The number of esters is 1. The molecule has 44 heavy (non-hydrogen) atoms. The monoisotopic (exact) mass is 648 g/mol. The molecule has 0 saturated carbocycles. The Bertz CT molecular complexity index is 1870. The fraction of sp³-hybridized carbons (Fsp3) is 0.286. The van der Waals surface area contributed by atoms with Crippen molar-refractivity contribution in [1.29, 1.82) is 0 Å². The van der Waals surface area contributed by atoms with Crippen LogP contribution in [-0.2, 0) is 16.1 Å². The van der Waals surface area contributed by atoms with Gasteiger partial charge in [-0.3, -0.25) is 9.36 Å². The van der Waals surface area contributed by atoms with Crippen molar-refractivity contribution in [3.63, 3.8) is 0 Å². The van der Waals surface area contributed by atoms with Crippen LogP contribution >= 0.6 is 34.5 Å². The molecule has 0 bridgehead atoms. The number of carbonyl (C=O) groups is 1. The van der Waals surface area contributed by atoms with Gasteiger partial charge in [0.2, 0.25) is 0 Å². The second-order valence-corrected chi connectivity index (χ2v) is 12.7. The summed E-state index contributed by atoms with van der Waals surface area (Å²) in [7, 11) is 0. The average molecular weight is 650 g/mol. The predicted octanol–water partition coefficient (Wildman–Crippen LogP) is 7.59. The fourth-order valence-electron chi connectivity index (χ4n) is 5.11.